The first kappa shape index (κ1) is 19.9. The summed E-state index contributed by atoms with van der Waals surface area (Å²) in [5.74, 6) is 0. The Balaban J connectivity index is 1.90. The van der Waals surface area contributed by atoms with Gasteiger partial charge in [0.15, 0.2) is 0 Å². The molecule has 0 fully saturated rings. The highest BCUT2D eigenvalue weighted by atomic mass is 32.2. The number of imidazole rings is 1. The third-order valence-electron chi connectivity index (χ3n) is 3.90. The molecule has 1 amide bonds. The van der Waals surface area contributed by atoms with E-state index in [0.717, 1.165) is 4.88 Å². The van der Waals surface area contributed by atoms with Crippen LogP contribution in [0.3, 0.4) is 0 Å². The maximum absolute atomic E-state index is 12.9. The Bertz CT molecular complexity index is 1140. The number of carbonyl (C=O) groups excluding carboxylic acids is 1. The van der Waals surface area contributed by atoms with Crippen LogP contribution in [0.5, 0.6) is 0 Å². The van der Waals surface area contributed by atoms with Crippen molar-refractivity contribution in [3.05, 3.63) is 58.0 Å². The molecule has 2 aromatic heterocycles. The molecule has 0 atom stereocenters. The van der Waals surface area contributed by atoms with Crippen LogP contribution in [0.25, 0.3) is 10.6 Å². The largest absolute Gasteiger partial charge is 0.449 e. The Morgan fingerprint density at radius 3 is 2.75 bits per heavy atom. The fourth-order valence-electron chi connectivity index (χ4n) is 2.51. The van der Waals surface area contributed by atoms with Gasteiger partial charge in [-0.3, -0.25) is 5.32 Å². The minimum Gasteiger partial charge on any atom is -0.449 e. The number of carbonyl (C=O) groups is 1. The summed E-state index contributed by atoms with van der Waals surface area (Å²) in [5, 5.41) is 4.40. The zero-order valence-electron chi connectivity index (χ0n) is 15.3. The third kappa shape index (κ3) is 4.02. The lowest BCUT2D eigenvalue weighted by Gasteiger charge is -2.11. The van der Waals surface area contributed by atoms with Gasteiger partial charge in [-0.05, 0) is 48.6 Å². The summed E-state index contributed by atoms with van der Waals surface area (Å²) in [4.78, 5) is 27.2. The van der Waals surface area contributed by atoms with E-state index in [-0.39, 0.29) is 4.90 Å². The number of anilines is 1. The highest BCUT2D eigenvalue weighted by molar-refractivity contribution is 7.90. The van der Waals surface area contributed by atoms with Gasteiger partial charge in [0.2, 0.25) is 0 Å². The number of H-pyrrole nitrogens is 1. The number of rotatable bonds is 6. The smallest absolute Gasteiger partial charge is 0.411 e. The average Bonchev–Trinajstić information content (AvgIpc) is 3.31. The number of aromatic nitrogens is 2. The number of amides is 1. The summed E-state index contributed by atoms with van der Waals surface area (Å²) in [6.45, 7) is 3.83. The predicted molar refractivity (Wildman–Crippen MR) is 107 cm³/mol. The maximum atomic E-state index is 12.9. The molecule has 0 spiro atoms. The highest BCUT2D eigenvalue weighted by Crippen LogP contribution is 2.24. The molecule has 8 nitrogen and oxygen atoms in total. The first-order chi connectivity index (χ1) is 13.3. The topological polar surface area (TPSA) is 110 Å². The lowest BCUT2D eigenvalue weighted by Crippen LogP contribution is -2.24. The number of nitrogens with one attached hydrogen (secondary N) is 2. The lowest BCUT2D eigenvalue weighted by atomic mass is 10.2. The molecule has 28 heavy (non-hydrogen) atoms. The number of hydrogen-bond acceptors (Lipinski definition) is 6. The molecule has 0 aliphatic rings. The molecule has 0 saturated carbocycles. The van der Waals surface area contributed by atoms with Crippen LogP contribution in [0.15, 0.2) is 51.6 Å². The first-order valence-electron chi connectivity index (χ1n) is 8.48. The first-order valence-corrected chi connectivity index (χ1v) is 10.8. The van der Waals surface area contributed by atoms with Crippen LogP contribution in [0.1, 0.15) is 18.9 Å². The summed E-state index contributed by atoms with van der Waals surface area (Å²) >= 11 is 1.39. The van der Waals surface area contributed by atoms with E-state index in [1.165, 1.54) is 35.7 Å². The Morgan fingerprint density at radius 2 is 2.11 bits per heavy atom. The van der Waals surface area contributed by atoms with Crippen molar-refractivity contribution < 1.29 is 17.9 Å². The second-order valence-electron chi connectivity index (χ2n) is 5.99. The third-order valence-corrected chi connectivity index (χ3v) is 6.45. The van der Waals surface area contributed by atoms with Crippen molar-refractivity contribution in [3.63, 3.8) is 0 Å². The summed E-state index contributed by atoms with van der Waals surface area (Å²) in [6.07, 6.45) is 1.36. The Kier molecular flexibility index (Phi) is 5.71. The molecule has 2 heterocycles. The standard InChI is InChI=1S/C18H19N3O5S2/c1-3-8-26-18(23)20-14-7-6-13(10-12(14)2)28(24,25)21-11-15(19-17(21)22)16-5-4-9-27-16/h4-7,9-11H,3,8H2,1-2H3,(H,19,22)(H,20,23). The van der Waals surface area contributed by atoms with Crippen LogP contribution in [0.4, 0.5) is 10.5 Å². The number of nitrogens with zero attached hydrogens (tertiary/aromatic N) is 1. The minimum absolute atomic E-state index is 0.0590. The van der Waals surface area contributed by atoms with E-state index in [0.29, 0.717) is 33.9 Å². The molecular formula is C18H19N3O5S2. The van der Waals surface area contributed by atoms with Crippen LogP contribution in [-0.2, 0) is 14.8 Å². The molecule has 0 radical (unpaired) electrons. The van der Waals surface area contributed by atoms with Crippen LogP contribution in [-0.4, -0.2) is 30.1 Å². The number of ether oxygens (including phenoxy) is 1. The number of thiophene rings is 1. The van der Waals surface area contributed by atoms with Gasteiger partial charge in [0.1, 0.15) is 0 Å². The minimum atomic E-state index is -4.09. The van der Waals surface area contributed by atoms with Crippen molar-refractivity contribution in [1.82, 2.24) is 8.96 Å². The monoisotopic (exact) mass is 421 g/mol. The lowest BCUT2D eigenvalue weighted by molar-refractivity contribution is 0.161. The van der Waals surface area contributed by atoms with E-state index in [1.807, 2.05) is 18.4 Å². The van der Waals surface area contributed by atoms with Crippen molar-refractivity contribution in [2.45, 2.75) is 25.2 Å². The molecule has 0 aliphatic carbocycles. The number of aryl methyl sites for hydroxylation is 1. The van der Waals surface area contributed by atoms with Gasteiger partial charge in [0.25, 0.3) is 10.0 Å². The zero-order chi connectivity index (χ0) is 20.3. The van der Waals surface area contributed by atoms with Gasteiger partial charge in [-0.2, -0.15) is 3.97 Å². The summed E-state index contributed by atoms with van der Waals surface area (Å²) in [6, 6.07) is 7.80. The van der Waals surface area contributed by atoms with E-state index in [9.17, 15) is 18.0 Å². The van der Waals surface area contributed by atoms with Crippen LogP contribution in [0.2, 0.25) is 0 Å². The SMILES string of the molecule is CCCOC(=O)Nc1ccc(S(=O)(=O)n2cc(-c3cccs3)[nH]c2=O)cc1C. The summed E-state index contributed by atoms with van der Waals surface area (Å²) in [5.41, 5.74) is 0.640. The van der Waals surface area contributed by atoms with Crippen molar-refractivity contribution >= 4 is 33.1 Å². The molecule has 0 aliphatic heterocycles. The number of hydrogen-bond donors (Lipinski definition) is 2. The van der Waals surface area contributed by atoms with Gasteiger partial charge in [-0.25, -0.2) is 18.0 Å². The van der Waals surface area contributed by atoms with Gasteiger partial charge in [-0.15, -0.1) is 11.3 Å². The van der Waals surface area contributed by atoms with Gasteiger partial charge < -0.3 is 9.72 Å². The van der Waals surface area contributed by atoms with E-state index >= 15 is 0 Å². The van der Waals surface area contributed by atoms with Crippen molar-refractivity contribution in [3.8, 4) is 10.6 Å². The fraction of sp³-hybridized carbons (Fsp3) is 0.222. The number of benzene rings is 1. The van der Waals surface area contributed by atoms with E-state index in [4.69, 9.17) is 4.74 Å². The molecule has 10 heteroatoms. The van der Waals surface area contributed by atoms with E-state index < -0.39 is 21.8 Å². The molecule has 0 bridgehead atoms. The quantitative estimate of drug-likeness (QED) is 0.634. The van der Waals surface area contributed by atoms with Crippen LogP contribution in [0, 0.1) is 6.92 Å². The maximum Gasteiger partial charge on any atom is 0.411 e. The summed E-state index contributed by atoms with van der Waals surface area (Å²) < 4.78 is 31.4. The molecule has 1 aromatic carbocycles. The second-order valence-corrected chi connectivity index (χ2v) is 8.75. The van der Waals surface area contributed by atoms with Gasteiger partial charge in [0.05, 0.1) is 28.3 Å². The second kappa shape index (κ2) is 8.03. The Hall–Kier alpha value is -2.85. The normalized spacial score (nSPS) is 11.4. The van der Waals surface area contributed by atoms with E-state index in [2.05, 4.69) is 10.3 Å². The van der Waals surface area contributed by atoms with Crippen LogP contribution < -0.4 is 11.0 Å². The van der Waals surface area contributed by atoms with Gasteiger partial charge >= 0.3 is 11.8 Å². The molecule has 148 valence electrons. The van der Waals surface area contributed by atoms with Gasteiger partial charge in [-0.1, -0.05) is 13.0 Å². The molecular weight excluding hydrogens is 402 g/mol. The fourth-order valence-corrected chi connectivity index (χ4v) is 4.50. The van der Waals surface area contributed by atoms with Crippen LogP contribution >= 0.6 is 11.3 Å². The molecule has 3 aromatic rings. The number of aromatic amines is 1. The van der Waals surface area contributed by atoms with Crippen molar-refractivity contribution in [1.29, 1.82) is 0 Å². The summed E-state index contributed by atoms with van der Waals surface area (Å²) in [7, 11) is -4.09. The molecule has 3 rings (SSSR count). The molecule has 0 unspecified atom stereocenters. The van der Waals surface area contributed by atoms with E-state index in [1.54, 1.807) is 13.0 Å². The molecule has 0 saturated heterocycles. The van der Waals surface area contributed by atoms with Gasteiger partial charge in [0, 0.05) is 5.69 Å². The Morgan fingerprint density at radius 1 is 1.32 bits per heavy atom. The van der Waals surface area contributed by atoms with Crippen molar-refractivity contribution in [2.24, 2.45) is 0 Å². The zero-order valence-corrected chi connectivity index (χ0v) is 16.9. The average molecular weight is 422 g/mol. The Labute approximate surface area is 165 Å². The van der Waals surface area contributed by atoms with Crippen molar-refractivity contribution in [2.75, 3.05) is 11.9 Å². The molecule has 2 N–H and O–H groups in total. The highest BCUT2D eigenvalue weighted by Gasteiger charge is 2.22. The predicted octanol–water partition coefficient (Wildman–Crippen LogP) is 3.41.